The van der Waals surface area contributed by atoms with Gasteiger partial charge in [-0.15, -0.1) is 11.6 Å². The Morgan fingerprint density at radius 1 is 1.32 bits per heavy atom. The van der Waals surface area contributed by atoms with Crippen LogP contribution in [0.15, 0.2) is 16.6 Å². The number of nitro groups is 1. The van der Waals surface area contributed by atoms with E-state index in [1.807, 2.05) is 0 Å². The van der Waals surface area contributed by atoms with Gasteiger partial charge in [-0.3, -0.25) is 10.1 Å². The average molecular weight is 438 g/mol. The smallest absolute Gasteiger partial charge is 0.293 e. The van der Waals surface area contributed by atoms with Crippen molar-refractivity contribution in [2.45, 2.75) is 51.6 Å². The maximum Gasteiger partial charge on any atom is 0.293 e. The molecule has 0 amide bonds. The lowest BCUT2D eigenvalue weighted by Gasteiger charge is -2.14. The molecule has 0 saturated carbocycles. The summed E-state index contributed by atoms with van der Waals surface area (Å²) in [7, 11) is 0. The van der Waals surface area contributed by atoms with E-state index in [1.165, 1.54) is 31.7 Å². The largest absolute Gasteiger partial charge is 0.492 e. The summed E-state index contributed by atoms with van der Waals surface area (Å²) in [4.78, 5) is 10.7. The van der Waals surface area contributed by atoms with Crippen LogP contribution in [0.4, 0.5) is 11.4 Å². The first-order valence-electron chi connectivity index (χ1n) is 8.58. The molecule has 2 N–H and O–H groups in total. The number of nitro benzene ring substituents is 1. The Balaban J connectivity index is 2.64. The molecule has 0 spiro atoms. The van der Waals surface area contributed by atoms with Crippen LogP contribution in [0.2, 0.25) is 0 Å². The van der Waals surface area contributed by atoms with Gasteiger partial charge in [-0.1, -0.05) is 39.0 Å². The van der Waals surface area contributed by atoms with Gasteiger partial charge in [0.15, 0.2) is 0 Å². The molecule has 6 nitrogen and oxygen atoms in total. The molecule has 0 bridgehead atoms. The molecule has 1 aromatic carbocycles. The Bertz CT molecular complexity index is 546. The second-order valence-corrected chi connectivity index (χ2v) is 7.03. The van der Waals surface area contributed by atoms with Crippen molar-refractivity contribution in [1.29, 1.82) is 0 Å². The van der Waals surface area contributed by atoms with E-state index >= 15 is 0 Å². The molecule has 1 rings (SSSR count). The molecule has 0 aliphatic rings. The van der Waals surface area contributed by atoms with Gasteiger partial charge in [0.2, 0.25) is 0 Å². The number of hydrogen-bond acceptors (Lipinski definition) is 5. The average Bonchev–Trinajstić information content (AvgIpc) is 2.60. The van der Waals surface area contributed by atoms with Crippen molar-refractivity contribution in [3.05, 3.63) is 26.7 Å². The predicted molar refractivity (Wildman–Crippen MR) is 105 cm³/mol. The Labute approximate surface area is 162 Å². The lowest BCUT2D eigenvalue weighted by molar-refractivity contribution is -0.384. The molecule has 1 atom stereocenters. The normalized spacial score (nSPS) is 12.0. The number of nitrogens with zero attached hydrogens (tertiary/aromatic N) is 1. The standard InChI is InChI=1S/C17H26BrClN2O4/c1-2-3-4-5-6-7-8-25-17-10-15(20-12-13(22)11-19)16(21(23)24)9-14(17)18/h9-10,13,20,22H,2-8,11-12H2,1H3. The first-order valence-corrected chi connectivity index (χ1v) is 9.91. The van der Waals surface area contributed by atoms with Crippen LogP contribution >= 0.6 is 27.5 Å². The second-order valence-electron chi connectivity index (χ2n) is 5.86. The number of benzene rings is 1. The fourth-order valence-corrected chi connectivity index (χ4v) is 2.85. The third kappa shape index (κ3) is 8.25. The highest BCUT2D eigenvalue weighted by atomic mass is 79.9. The number of anilines is 1. The van der Waals surface area contributed by atoms with Crippen LogP contribution in [0.3, 0.4) is 0 Å². The maximum atomic E-state index is 11.2. The zero-order valence-corrected chi connectivity index (χ0v) is 16.8. The molecule has 142 valence electrons. The first kappa shape index (κ1) is 22.0. The molecule has 0 aromatic heterocycles. The molecule has 8 heteroatoms. The van der Waals surface area contributed by atoms with Crippen molar-refractivity contribution in [3.63, 3.8) is 0 Å². The van der Waals surface area contributed by atoms with E-state index in [0.717, 1.165) is 12.8 Å². The number of hydrogen-bond donors (Lipinski definition) is 2. The van der Waals surface area contributed by atoms with Crippen molar-refractivity contribution < 1.29 is 14.8 Å². The van der Waals surface area contributed by atoms with Crippen LogP contribution in [0.5, 0.6) is 5.75 Å². The predicted octanol–water partition coefficient (Wildman–Crippen LogP) is 5.11. The van der Waals surface area contributed by atoms with Crippen molar-refractivity contribution in [2.75, 3.05) is 24.3 Å². The Morgan fingerprint density at radius 2 is 2.00 bits per heavy atom. The number of aliphatic hydroxyl groups excluding tert-OH is 1. The van der Waals surface area contributed by atoms with Crippen LogP contribution < -0.4 is 10.1 Å². The summed E-state index contributed by atoms with van der Waals surface area (Å²) in [6.07, 6.45) is 6.20. The molecule has 0 fully saturated rings. The summed E-state index contributed by atoms with van der Waals surface area (Å²) in [6, 6.07) is 2.99. The highest BCUT2D eigenvalue weighted by Crippen LogP contribution is 2.36. The van der Waals surface area contributed by atoms with Gasteiger partial charge >= 0.3 is 0 Å². The van der Waals surface area contributed by atoms with E-state index in [-0.39, 0.29) is 18.1 Å². The molecular formula is C17H26BrClN2O4. The van der Waals surface area contributed by atoms with Gasteiger partial charge in [-0.05, 0) is 22.4 Å². The number of rotatable bonds is 13. The summed E-state index contributed by atoms with van der Waals surface area (Å²) >= 11 is 8.87. The van der Waals surface area contributed by atoms with E-state index in [4.69, 9.17) is 16.3 Å². The molecule has 0 radical (unpaired) electrons. The first-order chi connectivity index (χ1) is 12.0. The quantitative estimate of drug-likeness (QED) is 0.194. The number of aliphatic hydroxyl groups is 1. The van der Waals surface area contributed by atoms with Crippen molar-refractivity contribution >= 4 is 38.9 Å². The highest BCUT2D eigenvalue weighted by molar-refractivity contribution is 9.10. The Hall–Kier alpha value is -1.05. The minimum atomic E-state index is -0.780. The van der Waals surface area contributed by atoms with Gasteiger partial charge < -0.3 is 15.2 Å². The summed E-state index contributed by atoms with van der Waals surface area (Å²) < 4.78 is 6.29. The van der Waals surface area contributed by atoms with Crippen LogP contribution in [0.1, 0.15) is 45.4 Å². The molecule has 1 aromatic rings. The summed E-state index contributed by atoms with van der Waals surface area (Å²) in [5.41, 5.74) is 0.218. The maximum absolute atomic E-state index is 11.2. The van der Waals surface area contributed by atoms with E-state index in [0.29, 0.717) is 22.5 Å². The number of halogens is 2. The zero-order valence-electron chi connectivity index (χ0n) is 14.5. The Morgan fingerprint density at radius 3 is 2.64 bits per heavy atom. The number of alkyl halides is 1. The van der Waals surface area contributed by atoms with Gasteiger partial charge in [0.1, 0.15) is 11.4 Å². The second kappa shape index (κ2) is 12.3. The van der Waals surface area contributed by atoms with Crippen LogP contribution in [-0.2, 0) is 0 Å². The SMILES string of the molecule is CCCCCCCCOc1cc(NCC(O)CCl)c([N+](=O)[O-])cc1Br. The molecular weight excluding hydrogens is 412 g/mol. The fraction of sp³-hybridized carbons (Fsp3) is 0.647. The monoisotopic (exact) mass is 436 g/mol. The van der Waals surface area contributed by atoms with Crippen molar-refractivity contribution in [1.82, 2.24) is 0 Å². The topological polar surface area (TPSA) is 84.6 Å². The summed E-state index contributed by atoms with van der Waals surface area (Å²) in [6.45, 7) is 2.88. The van der Waals surface area contributed by atoms with Gasteiger partial charge in [-0.25, -0.2) is 0 Å². The van der Waals surface area contributed by atoms with Crippen LogP contribution in [-0.4, -0.2) is 35.2 Å². The lowest BCUT2D eigenvalue weighted by Crippen LogP contribution is -2.21. The summed E-state index contributed by atoms with van der Waals surface area (Å²) in [5.74, 6) is 0.598. The van der Waals surface area contributed by atoms with Crippen molar-refractivity contribution in [3.8, 4) is 5.75 Å². The number of ether oxygens (including phenoxy) is 1. The zero-order chi connectivity index (χ0) is 18.7. The minimum absolute atomic E-state index is 0.0543. The van der Waals surface area contributed by atoms with Crippen LogP contribution in [0.25, 0.3) is 0 Å². The molecule has 0 saturated heterocycles. The molecule has 0 aliphatic carbocycles. The lowest BCUT2D eigenvalue weighted by atomic mass is 10.1. The number of unbranched alkanes of at least 4 members (excludes halogenated alkanes) is 5. The molecule has 0 aliphatic heterocycles. The van der Waals surface area contributed by atoms with E-state index in [2.05, 4.69) is 28.2 Å². The molecule has 0 heterocycles. The molecule has 1 unspecified atom stereocenters. The van der Waals surface area contributed by atoms with Gasteiger partial charge in [-0.2, -0.15) is 0 Å². The van der Waals surface area contributed by atoms with Crippen LogP contribution in [0, 0.1) is 10.1 Å². The third-order valence-corrected chi connectivity index (χ3v) is 4.68. The fourth-order valence-electron chi connectivity index (χ4n) is 2.29. The van der Waals surface area contributed by atoms with Gasteiger partial charge in [0.25, 0.3) is 5.69 Å². The van der Waals surface area contributed by atoms with E-state index in [9.17, 15) is 15.2 Å². The van der Waals surface area contributed by atoms with E-state index < -0.39 is 11.0 Å². The van der Waals surface area contributed by atoms with E-state index in [1.54, 1.807) is 6.07 Å². The van der Waals surface area contributed by atoms with Crippen molar-refractivity contribution in [2.24, 2.45) is 0 Å². The number of nitrogens with one attached hydrogen (secondary N) is 1. The Kier molecular flexibility index (Phi) is 10.8. The molecule has 25 heavy (non-hydrogen) atoms. The third-order valence-electron chi connectivity index (χ3n) is 3.71. The van der Waals surface area contributed by atoms with Gasteiger partial charge in [0, 0.05) is 18.7 Å². The highest BCUT2D eigenvalue weighted by Gasteiger charge is 2.18. The van der Waals surface area contributed by atoms with Gasteiger partial charge in [0.05, 0.1) is 28.0 Å². The summed E-state index contributed by atoms with van der Waals surface area (Å²) in [5, 5.41) is 23.6. The minimum Gasteiger partial charge on any atom is -0.492 e.